The summed E-state index contributed by atoms with van der Waals surface area (Å²) in [7, 11) is 0. The molecule has 26 heavy (non-hydrogen) atoms. The minimum atomic E-state index is -0.0440. The molecule has 0 aliphatic carbocycles. The summed E-state index contributed by atoms with van der Waals surface area (Å²) in [6.45, 7) is 9.76. The van der Waals surface area contributed by atoms with Crippen molar-refractivity contribution >= 4 is 16.3 Å². The van der Waals surface area contributed by atoms with Gasteiger partial charge in [-0.2, -0.15) is 4.52 Å². The Morgan fingerprint density at radius 3 is 2.62 bits per heavy atom. The predicted octanol–water partition coefficient (Wildman–Crippen LogP) is 3.31. The largest absolute Gasteiger partial charge is 0.492 e. The molecule has 138 valence electrons. The summed E-state index contributed by atoms with van der Waals surface area (Å²) in [6, 6.07) is 8.44. The van der Waals surface area contributed by atoms with E-state index in [1.54, 1.807) is 4.52 Å². The highest BCUT2D eigenvalue weighted by Gasteiger charge is 2.34. The van der Waals surface area contributed by atoms with Crippen molar-refractivity contribution in [3.05, 3.63) is 46.1 Å². The molecular weight excluding hydrogens is 348 g/mol. The number of rotatable bonds is 3. The van der Waals surface area contributed by atoms with Crippen molar-refractivity contribution in [1.82, 2.24) is 19.5 Å². The van der Waals surface area contributed by atoms with Crippen molar-refractivity contribution in [2.24, 2.45) is 0 Å². The van der Waals surface area contributed by atoms with Gasteiger partial charge in [-0.3, -0.25) is 4.90 Å². The van der Waals surface area contributed by atoms with Crippen LogP contribution < -0.4 is 0 Å². The lowest BCUT2D eigenvalue weighted by Crippen LogP contribution is -2.47. The second-order valence-corrected chi connectivity index (χ2v) is 8.18. The van der Waals surface area contributed by atoms with Gasteiger partial charge in [-0.15, -0.1) is 5.10 Å². The fourth-order valence-electron chi connectivity index (χ4n) is 3.82. The maximum absolute atomic E-state index is 10.9. The standard InChI is InChI=1S/C19H24N4O2S/c1-11-6-5-7-15(8-11)16(22-9-12(2)25-13(3)10-22)17-18(24)23-19(26-17)20-14(4)21-23/h5-8,12-13,16,24H,9-10H2,1-4H3/t12-,13+,16-/m0/s1. The topological polar surface area (TPSA) is 62.9 Å². The average Bonchev–Trinajstić information content (AvgIpc) is 3.05. The molecule has 0 radical (unpaired) electrons. The quantitative estimate of drug-likeness (QED) is 0.764. The van der Waals surface area contributed by atoms with Gasteiger partial charge in [0.05, 0.1) is 23.1 Å². The van der Waals surface area contributed by atoms with Gasteiger partial charge in [-0.25, -0.2) is 4.98 Å². The Labute approximate surface area is 157 Å². The fraction of sp³-hybridized carbons (Fsp3) is 0.474. The molecule has 4 rings (SSSR count). The maximum atomic E-state index is 10.9. The smallest absolute Gasteiger partial charge is 0.230 e. The van der Waals surface area contributed by atoms with Crippen LogP contribution in [-0.4, -0.2) is 49.9 Å². The number of thiazole rings is 1. The van der Waals surface area contributed by atoms with Gasteiger partial charge in [0.1, 0.15) is 5.82 Å². The molecule has 1 aliphatic rings. The van der Waals surface area contributed by atoms with Gasteiger partial charge in [0.15, 0.2) is 0 Å². The predicted molar refractivity (Wildman–Crippen MR) is 102 cm³/mol. The van der Waals surface area contributed by atoms with Crippen LogP contribution in [0.25, 0.3) is 4.96 Å². The summed E-state index contributed by atoms with van der Waals surface area (Å²) < 4.78 is 7.47. The monoisotopic (exact) mass is 372 g/mol. The van der Waals surface area contributed by atoms with Gasteiger partial charge >= 0.3 is 0 Å². The van der Waals surface area contributed by atoms with E-state index in [9.17, 15) is 5.11 Å². The molecule has 3 atom stereocenters. The fourth-order valence-corrected chi connectivity index (χ4v) is 4.99. The van der Waals surface area contributed by atoms with E-state index in [0.717, 1.165) is 22.9 Å². The van der Waals surface area contributed by atoms with E-state index in [0.29, 0.717) is 5.82 Å². The Kier molecular flexibility index (Phi) is 4.46. The van der Waals surface area contributed by atoms with Crippen LogP contribution in [-0.2, 0) is 4.74 Å². The van der Waals surface area contributed by atoms with Crippen LogP contribution in [0.4, 0.5) is 0 Å². The van der Waals surface area contributed by atoms with E-state index in [1.165, 1.54) is 22.5 Å². The molecular formula is C19H24N4O2S. The van der Waals surface area contributed by atoms with Gasteiger partial charge in [0.25, 0.3) is 0 Å². The molecule has 0 bridgehead atoms. The molecule has 7 heteroatoms. The molecule has 6 nitrogen and oxygen atoms in total. The number of hydrogen-bond acceptors (Lipinski definition) is 6. The summed E-state index contributed by atoms with van der Waals surface area (Å²) in [5.41, 5.74) is 2.37. The molecule has 1 N–H and O–H groups in total. The molecule has 0 saturated carbocycles. The zero-order chi connectivity index (χ0) is 18.4. The lowest BCUT2D eigenvalue weighted by Gasteiger charge is -2.40. The number of morpholine rings is 1. The van der Waals surface area contributed by atoms with Gasteiger partial charge in [-0.1, -0.05) is 41.2 Å². The third-order valence-electron chi connectivity index (χ3n) is 4.72. The van der Waals surface area contributed by atoms with Crippen LogP contribution in [0.5, 0.6) is 5.88 Å². The summed E-state index contributed by atoms with van der Waals surface area (Å²) in [6.07, 6.45) is 0.301. The number of fused-ring (bicyclic) bond motifs is 1. The average molecular weight is 372 g/mol. The third-order valence-corrected chi connectivity index (χ3v) is 5.80. The summed E-state index contributed by atoms with van der Waals surface area (Å²) in [5, 5.41) is 15.2. The zero-order valence-electron chi connectivity index (χ0n) is 15.5. The highest BCUT2D eigenvalue weighted by molar-refractivity contribution is 7.17. The van der Waals surface area contributed by atoms with Crippen LogP contribution >= 0.6 is 11.3 Å². The maximum Gasteiger partial charge on any atom is 0.230 e. The first kappa shape index (κ1) is 17.5. The number of ether oxygens (including phenoxy) is 1. The van der Waals surface area contributed by atoms with Crippen molar-refractivity contribution in [3.8, 4) is 5.88 Å². The Morgan fingerprint density at radius 2 is 1.96 bits per heavy atom. The Hall–Kier alpha value is -1.96. The van der Waals surface area contributed by atoms with Gasteiger partial charge < -0.3 is 9.84 Å². The highest BCUT2D eigenvalue weighted by atomic mass is 32.1. The van der Waals surface area contributed by atoms with Crippen molar-refractivity contribution in [2.45, 2.75) is 45.9 Å². The van der Waals surface area contributed by atoms with Crippen LogP contribution in [0.1, 0.15) is 41.7 Å². The summed E-state index contributed by atoms with van der Waals surface area (Å²) in [4.78, 5) is 8.43. The molecule has 3 heterocycles. The van der Waals surface area contributed by atoms with Crippen molar-refractivity contribution in [3.63, 3.8) is 0 Å². The van der Waals surface area contributed by atoms with E-state index in [1.807, 2.05) is 6.92 Å². The zero-order valence-corrected chi connectivity index (χ0v) is 16.3. The van der Waals surface area contributed by atoms with Gasteiger partial charge in [0, 0.05) is 13.1 Å². The number of aromatic nitrogens is 3. The van der Waals surface area contributed by atoms with Crippen LogP contribution in [0, 0.1) is 13.8 Å². The van der Waals surface area contributed by atoms with Crippen LogP contribution in [0.3, 0.4) is 0 Å². The first-order valence-electron chi connectivity index (χ1n) is 8.93. The first-order chi connectivity index (χ1) is 12.4. The second-order valence-electron chi connectivity index (χ2n) is 7.17. The number of aryl methyl sites for hydroxylation is 2. The molecule has 1 fully saturated rings. The molecule has 0 unspecified atom stereocenters. The van der Waals surface area contributed by atoms with Crippen molar-refractivity contribution < 1.29 is 9.84 Å². The van der Waals surface area contributed by atoms with Gasteiger partial charge in [-0.05, 0) is 33.3 Å². The lowest BCUT2D eigenvalue weighted by molar-refractivity contribution is -0.0764. The Balaban J connectivity index is 1.84. The van der Waals surface area contributed by atoms with Gasteiger partial charge in [0.2, 0.25) is 10.8 Å². The second kappa shape index (κ2) is 6.64. The van der Waals surface area contributed by atoms with E-state index < -0.39 is 0 Å². The minimum Gasteiger partial charge on any atom is -0.492 e. The molecule has 0 spiro atoms. The molecule has 1 aliphatic heterocycles. The summed E-state index contributed by atoms with van der Waals surface area (Å²) in [5.74, 6) is 0.850. The van der Waals surface area contributed by atoms with Crippen LogP contribution in [0.2, 0.25) is 0 Å². The Bertz CT molecular complexity index is 925. The number of hydrogen-bond donors (Lipinski definition) is 1. The van der Waals surface area contributed by atoms with E-state index >= 15 is 0 Å². The van der Waals surface area contributed by atoms with Crippen molar-refractivity contribution in [2.75, 3.05) is 13.1 Å². The number of nitrogens with zero attached hydrogens (tertiary/aromatic N) is 4. The molecule has 3 aromatic rings. The molecule has 0 amide bonds. The number of benzene rings is 1. The van der Waals surface area contributed by atoms with E-state index in [4.69, 9.17) is 4.74 Å². The Morgan fingerprint density at radius 1 is 1.23 bits per heavy atom. The van der Waals surface area contributed by atoms with E-state index in [2.05, 4.69) is 60.0 Å². The highest BCUT2D eigenvalue weighted by Crippen LogP contribution is 2.41. The summed E-state index contributed by atoms with van der Waals surface area (Å²) >= 11 is 1.51. The SMILES string of the molecule is Cc1cccc([C@@H](c2sc3nc(C)nn3c2O)N2C[C@@H](C)O[C@@H](C)C2)c1. The lowest BCUT2D eigenvalue weighted by atomic mass is 10.00. The van der Waals surface area contributed by atoms with Crippen molar-refractivity contribution in [1.29, 1.82) is 0 Å². The third kappa shape index (κ3) is 3.11. The van der Waals surface area contributed by atoms with E-state index in [-0.39, 0.29) is 24.1 Å². The molecule has 2 aromatic heterocycles. The molecule has 1 saturated heterocycles. The first-order valence-corrected chi connectivity index (χ1v) is 9.75. The minimum absolute atomic E-state index is 0.0440. The van der Waals surface area contributed by atoms with Crippen LogP contribution in [0.15, 0.2) is 24.3 Å². The normalized spacial score (nSPS) is 22.8. The number of aromatic hydroxyl groups is 1. The molecule has 1 aromatic carbocycles.